The maximum Gasteiger partial charge on any atom is 0.574 e. The molecule has 0 N–H and O–H groups in total. The molecule has 1 rings (SSSR count). The first-order chi connectivity index (χ1) is 9.63. The van der Waals surface area contributed by atoms with Crippen LogP contribution in [0.25, 0.3) is 0 Å². The van der Waals surface area contributed by atoms with Gasteiger partial charge in [-0.15, -0.1) is 13.2 Å². The molecular formula is C7HClF6N2O5S. The molecule has 0 spiro atoms. The van der Waals surface area contributed by atoms with E-state index in [2.05, 4.69) is 9.72 Å². The molecule has 0 saturated heterocycles. The Hall–Kier alpha value is -1.83. The van der Waals surface area contributed by atoms with Crippen molar-refractivity contribution < 1.29 is 44.4 Å². The largest absolute Gasteiger partial charge is 0.574 e. The highest BCUT2D eigenvalue weighted by Crippen LogP contribution is 2.41. The third-order valence-electron chi connectivity index (χ3n) is 1.88. The molecule has 0 aromatic carbocycles. The van der Waals surface area contributed by atoms with E-state index in [0.717, 1.165) is 0 Å². The summed E-state index contributed by atoms with van der Waals surface area (Å²) in [6, 6.07) is -0.469. The van der Waals surface area contributed by atoms with Gasteiger partial charge in [-0.25, -0.2) is 8.42 Å². The third-order valence-corrected chi connectivity index (χ3v) is 3.08. The van der Waals surface area contributed by atoms with Gasteiger partial charge in [-0.3, -0.25) is 10.1 Å². The van der Waals surface area contributed by atoms with E-state index in [1.165, 1.54) is 0 Å². The fourth-order valence-corrected chi connectivity index (χ4v) is 2.09. The Labute approximate surface area is 121 Å². The Bertz CT molecular complexity index is 715. The zero-order chi connectivity index (χ0) is 17.5. The van der Waals surface area contributed by atoms with Crippen LogP contribution in [0.3, 0.4) is 0 Å². The second kappa shape index (κ2) is 5.42. The molecule has 0 atom stereocenters. The first-order valence-electron chi connectivity index (χ1n) is 4.60. The van der Waals surface area contributed by atoms with E-state index < -0.39 is 54.7 Å². The summed E-state index contributed by atoms with van der Waals surface area (Å²) in [6.45, 7) is 0. The van der Waals surface area contributed by atoms with Crippen molar-refractivity contribution >= 4 is 25.4 Å². The van der Waals surface area contributed by atoms with Crippen molar-refractivity contribution in [3.63, 3.8) is 0 Å². The molecular weight excluding hydrogens is 374 g/mol. The molecule has 0 aliphatic carbocycles. The lowest BCUT2D eigenvalue weighted by Crippen LogP contribution is -2.22. The number of hydrogen-bond acceptors (Lipinski definition) is 6. The SMILES string of the molecule is O=[N+]([O-])c1cc(C(F)(F)F)c(OC(F)(F)F)nc1S(=O)(=O)Cl. The smallest absolute Gasteiger partial charge is 0.387 e. The van der Waals surface area contributed by atoms with Gasteiger partial charge < -0.3 is 4.74 Å². The van der Waals surface area contributed by atoms with Crippen molar-refractivity contribution in [1.82, 2.24) is 4.98 Å². The van der Waals surface area contributed by atoms with E-state index in [0.29, 0.717) is 0 Å². The summed E-state index contributed by atoms with van der Waals surface area (Å²) >= 11 is 0. The summed E-state index contributed by atoms with van der Waals surface area (Å²) in [5, 5.41) is 8.74. The second-order valence-electron chi connectivity index (χ2n) is 3.41. The van der Waals surface area contributed by atoms with E-state index in [4.69, 9.17) is 10.7 Å². The van der Waals surface area contributed by atoms with Crippen molar-refractivity contribution in [3.05, 3.63) is 21.7 Å². The predicted octanol–water partition coefficient (Wildman–Crippen LogP) is 2.83. The zero-order valence-electron chi connectivity index (χ0n) is 9.57. The van der Waals surface area contributed by atoms with Gasteiger partial charge in [-0.1, -0.05) is 0 Å². The number of alkyl halides is 6. The number of pyridine rings is 1. The zero-order valence-corrected chi connectivity index (χ0v) is 11.1. The van der Waals surface area contributed by atoms with Gasteiger partial charge in [-0.2, -0.15) is 18.2 Å². The Kier molecular flexibility index (Phi) is 4.49. The number of ether oxygens (including phenoxy) is 1. The number of hydrogen-bond donors (Lipinski definition) is 0. The molecule has 1 heterocycles. The number of nitrogens with zero attached hydrogens (tertiary/aromatic N) is 2. The van der Waals surface area contributed by atoms with E-state index in [-0.39, 0.29) is 0 Å². The van der Waals surface area contributed by atoms with E-state index >= 15 is 0 Å². The van der Waals surface area contributed by atoms with Crippen LogP contribution in [0.2, 0.25) is 0 Å². The van der Waals surface area contributed by atoms with Gasteiger partial charge in [0.15, 0.2) is 0 Å². The maximum atomic E-state index is 12.6. The molecule has 0 aliphatic rings. The number of nitro groups is 1. The lowest BCUT2D eigenvalue weighted by molar-refractivity contribution is -0.388. The van der Waals surface area contributed by atoms with Crippen LogP contribution in [-0.2, 0) is 15.2 Å². The highest BCUT2D eigenvalue weighted by Gasteiger charge is 2.44. The normalized spacial score (nSPS) is 13.0. The van der Waals surface area contributed by atoms with Crippen LogP contribution in [0, 0.1) is 10.1 Å². The van der Waals surface area contributed by atoms with Crippen molar-refractivity contribution in [1.29, 1.82) is 0 Å². The Morgan fingerprint density at radius 2 is 1.73 bits per heavy atom. The molecule has 1 aromatic heterocycles. The highest BCUT2D eigenvalue weighted by molar-refractivity contribution is 8.13. The summed E-state index contributed by atoms with van der Waals surface area (Å²) in [5.74, 6) is -2.23. The minimum absolute atomic E-state index is 0.469. The Morgan fingerprint density at radius 1 is 1.23 bits per heavy atom. The van der Waals surface area contributed by atoms with Crippen molar-refractivity contribution in [2.75, 3.05) is 0 Å². The summed E-state index contributed by atoms with van der Waals surface area (Å²) in [6.07, 6.45) is -11.2. The van der Waals surface area contributed by atoms with Gasteiger partial charge in [-0.05, 0) is 0 Å². The average Bonchev–Trinajstić information content (AvgIpc) is 2.22. The van der Waals surface area contributed by atoms with Crippen LogP contribution in [-0.4, -0.2) is 24.7 Å². The van der Waals surface area contributed by atoms with Crippen LogP contribution in [0.5, 0.6) is 5.88 Å². The van der Waals surface area contributed by atoms with Crippen LogP contribution in [0.1, 0.15) is 5.56 Å². The quantitative estimate of drug-likeness (QED) is 0.349. The van der Waals surface area contributed by atoms with Gasteiger partial charge in [0.05, 0.1) is 4.92 Å². The fraction of sp³-hybridized carbons (Fsp3) is 0.286. The molecule has 0 radical (unpaired) electrons. The maximum absolute atomic E-state index is 12.6. The standard InChI is InChI=1S/C7HClF6N2O5S/c8-22(19,20)5-3(16(17)18)1-2(6(9,10)11)4(15-5)21-7(12,13)14/h1H. The first-order valence-corrected chi connectivity index (χ1v) is 6.91. The molecule has 1 aromatic rings. The van der Waals surface area contributed by atoms with Crippen molar-refractivity contribution in [2.24, 2.45) is 0 Å². The van der Waals surface area contributed by atoms with Gasteiger partial charge in [0, 0.05) is 16.7 Å². The minimum Gasteiger partial charge on any atom is -0.387 e. The second-order valence-corrected chi connectivity index (χ2v) is 5.89. The van der Waals surface area contributed by atoms with E-state index in [1.807, 2.05) is 0 Å². The lowest BCUT2D eigenvalue weighted by atomic mass is 10.2. The molecule has 15 heteroatoms. The molecule has 0 bridgehead atoms. The first kappa shape index (κ1) is 18.2. The predicted molar refractivity (Wildman–Crippen MR) is 55.6 cm³/mol. The summed E-state index contributed by atoms with van der Waals surface area (Å²) in [5.41, 5.74) is -4.04. The number of halogens is 7. The molecule has 7 nitrogen and oxygen atoms in total. The Balaban J connectivity index is 3.78. The van der Waals surface area contributed by atoms with Crippen LogP contribution in [0.4, 0.5) is 32.0 Å². The van der Waals surface area contributed by atoms with Crippen LogP contribution < -0.4 is 4.74 Å². The van der Waals surface area contributed by atoms with Gasteiger partial charge in [0.1, 0.15) is 5.56 Å². The molecule has 0 unspecified atom stereocenters. The van der Waals surface area contributed by atoms with E-state index in [1.54, 1.807) is 0 Å². The lowest BCUT2D eigenvalue weighted by Gasteiger charge is -2.14. The molecule has 0 aliphatic heterocycles. The molecule has 0 amide bonds. The third kappa shape index (κ3) is 4.33. The molecule has 22 heavy (non-hydrogen) atoms. The average molecular weight is 375 g/mol. The monoisotopic (exact) mass is 374 g/mol. The topological polar surface area (TPSA) is 99.4 Å². The van der Waals surface area contributed by atoms with Gasteiger partial charge >= 0.3 is 18.2 Å². The summed E-state index contributed by atoms with van der Waals surface area (Å²) in [4.78, 5) is 11.3. The van der Waals surface area contributed by atoms with Crippen LogP contribution >= 0.6 is 10.7 Å². The summed E-state index contributed by atoms with van der Waals surface area (Å²) in [7, 11) is -0.409. The van der Waals surface area contributed by atoms with E-state index in [9.17, 15) is 44.9 Å². The van der Waals surface area contributed by atoms with Gasteiger partial charge in [0.2, 0.25) is 5.88 Å². The minimum atomic E-state index is -5.66. The summed E-state index contributed by atoms with van der Waals surface area (Å²) < 4.78 is 98.9. The molecule has 124 valence electrons. The molecule has 0 saturated carbocycles. The Morgan fingerprint density at radius 3 is 2.05 bits per heavy atom. The number of aromatic nitrogens is 1. The highest BCUT2D eigenvalue weighted by atomic mass is 35.7. The van der Waals surface area contributed by atoms with Gasteiger partial charge in [0.25, 0.3) is 14.1 Å². The molecule has 0 fully saturated rings. The number of rotatable bonds is 3. The fourth-order valence-electron chi connectivity index (χ4n) is 1.17. The van der Waals surface area contributed by atoms with Crippen LogP contribution in [0.15, 0.2) is 11.1 Å². The van der Waals surface area contributed by atoms with Crippen molar-refractivity contribution in [2.45, 2.75) is 17.6 Å². The van der Waals surface area contributed by atoms with Crippen molar-refractivity contribution in [3.8, 4) is 5.88 Å².